The Bertz CT molecular complexity index is 1180. The maximum Gasteiger partial charge on any atom is 0.276 e. The number of hydrogen-bond donors (Lipinski definition) is 1. The summed E-state index contributed by atoms with van der Waals surface area (Å²) < 4.78 is 7.50. The number of nitrogens with one attached hydrogen (secondary N) is 1. The van der Waals surface area contributed by atoms with Gasteiger partial charge >= 0.3 is 0 Å². The first kappa shape index (κ1) is 20.9. The van der Waals surface area contributed by atoms with Gasteiger partial charge in [0.25, 0.3) is 5.91 Å². The number of aromatic nitrogens is 1. The molecule has 0 saturated heterocycles. The second-order valence-corrected chi connectivity index (χ2v) is 9.63. The van der Waals surface area contributed by atoms with E-state index in [2.05, 4.69) is 12.2 Å². The number of carbonyl (C=O) groups excluding carboxylic acids is 2. The average molecular weight is 434 g/mol. The number of hydrogen-bond acceptors (Lipinski definition) is 3. The lowest BCUT2D eigenvalue weighted by Gasteiger charge is -2.44. The monoisotopic (exact) mass is 433 g/mol. The fourth-order valence-corrected chi connectivity index (χ4v) is 5.25. The van der Waals surface area contributed by atoms with Crippen molar-refractivity contribution >= 4 is 28.6 Å². The van der Waals surface area contributed by atoms with Gasteiger partial charge in [-0.2, -0.15) is 0 Å². The van der Waals surface area contributed by atoms with E-state index < -0.39 is 5.54 Å². The van der Waals surface area contributed by atoms with Gasteiger partial charge in [0.1, 0.15) is 11.2 Å². The predicted octanol–water partition coefficient (Wildman–Crippen LogP) is 5.11. The summed E-state index contributed by atoms with van der Waals surface area (Å²) in [5.41, 5.74) is 4.02. The average Bonchev–Trinajstić information content (AvgIpc) is 3.25. The van der Waals surface area contributed by atoms with Crippen LogP contribution in [0.1, 0.15) is 67.1 Å². The van der Waals surface area contributed by atoms with E-state index in [1.807, 2.05) is 42.7 Å². The van der Waals surface area contributed by atoms with Crippen molar-refractivity contribution in [1.29, 1.82) is 0 Å². The minimum Gasteiger partial charge on any atom is -0.463 e. The lowest BCUT2D eigenvalue weighted by Crippen LogP contribution is -2.65. The van der Waals surface area contributed by atoms with Crippen molar-refractivity contribution in [2.45, 2.75) is 77.4 Å². The van der Waals surface area contributed by atoms with E-state index in [1.54, 1.807) is 17.2 Å². The van der Waals surface area contributed by atoms with E-state index in [4.69, 9.17) is 4.42 Å². The van der Waals surface area contributed by atoms with Gasteiger partial charge < -0.3 is 14.3 Å². The van der Waals surface area contributed by atoms with Crippen LogP contribution >= 0.6 is 0 Å². The molecule has 2 amide bonds. The number of nitrogens with zero attached hydrogens (tertiary/aromatic N) is 2. The van der Waals surface area contributed by atoms with Crippen LogP contribution in [0.4, 0.5) is 5.69 Å². The fraction of sp³-hybridized carbons (Fsp3) is 0.462. The molecule has 5 rings (SSSR count). The molecule has 168 valence electrons. The number of benzene rings is 1. The van der Waals surface area contributed by atoms with Crippen molar-refractivity contribution in [3.05, 3.63) is 53.4 Å². The molecule has 1 aromatic carbocycles. The molecule has 1 aliphatic heterocycles. The standard InChI is InChI=1S/C26H31N3O3/c1-17-10-11-20(14-18(17)2)29-24(30)22-15-23-21(12-13-32-23)28(22)16-26(29,3)25(31)27-19-8-6-4-5-7-9-19/h10-15,19H,4-9,16H2,1-3H3,(H,27,31)/t26-/m0/s1. The number of fused-ring (bicyclic) bond motifs is 3. The topological polar surface area (TPSA) is 67.5 Å². The summed E-state index contributed by atoms with van der Waals surface area (Å²) in [4.78, 5) is 29.4. The molecule has 32 heavy (non-hydrogen) atoms. The Kier molecular flexibility index (Phi) is 5.11. The third kappa shape index (κ3) is 3.33. The fourth-order valence-electron chi connectivity index (χ4n) is 5.25. The quantitative estimate of drug-likeness (QED) is 0.584. The zero-order valence-electron chi connectivity index (χ0n) is 19.1. The molecule has 3 aromatic rings. The van der Waals surface area contributed by atoms with Crippen LogP contribution in [-0.2, 0) is 11.3 Å². The molecule has 2 aliphatic rings. The summed E-state index contributed by atoms with van der Waals surface area (Å²) in [6.07, 6.45) is 8.35. The van der Waals surface area contributed by atoms with E-state index in [0.29, 0.717) is 17.8 Å². The minimum atomic E-state index is -1.05. The Hall–Kier alpha value is -3.02. The number of furan rings is 1. The third-order valence-corrected chi connectivity index (χ3v) is 7.33. The zero-order chi connectivity index (χ0) is 22.5. The summed E-state index contributed by atoms with van der Waals surface area (Å²) in [7, 11) is 0. The van der Waals surface area contributed by atoms with E-state index >= 15 is 0 Å². The van der Waals surface area contributed by atoms with Gasteiger partial charge in [-0.3, -0.25) is 14.5 Å². The van der Waals surface area contributed by atoms with Crippen LogP contribution in [0.15, 0.2) is 41.0 Å². The van der Waals surface area contributed by atoms with Gasteiger partial charge in [0.2, 0.25) is 5.91 Å². The van der Waals surface area contributed by atoms with Crippen LogP contribution < -0.4 is 10.2 Å². The van der Waals surface area contributed by atoms with Gasteiger partial charge in [-0.15, -0.1) is 0 Å². The smallest absolute Gasteiger partial charge is 0.276 e. The van der Waals surface area contributed by atoms with Crippen molar-refractivity contribution in [2.24, 2.45) is 0 Å². The first-order valence-electron chi connectivity index (χ1n) is 11.7. The summed E-state index contributed by atoms with van der Waals surface area (Å²) in [5, 5.41) is 3.31. The number of amides is 2. The molecule has 0 bridgehead atoms. The molecule has 6 heteroatoms. The van der Waals surface area contributed by atoms with Crippen LogP contribution in [0.2, 0.25) is 0 Å². The largest absolute Gasteiger partial charge is 0.463 e. The second-order valence-electron chi connectivity index (χ2n) is 9.63. The molecule has 2 aromatic heterocycles. The van der Waals surface area contributed by atoms with Crippen LogP contribution in [0.5, 0.6) is 0 Å². The number of aryl methyl sites for hydroxylation is 2. The van der Waals surface area contributed by atoms with Gasteiger partial charge in [-0.05, 0) is 56.9 Å². The second kappa shape index (κ2) is 7.84. The van der Waals surface area contributed by atoms with Crippen molar-refractivity contribution < 1.29 is 14.0 Å². The number of carbonyl (C=O) groups is 2. The first-order valence-corrected chi connectivity index (χ1v) is 11.7. The highest BCUT2D eigenvalue weighted by atomic mass is 16.3. The lowest BCUT2D eigenvalue weighted by molar-refractivity contribution is -0.127. The van der Waals surface area contributed by atoms with Crippen LogP contribution in [-0.4, -0.2) is 28.0 Å². The highest BCUT2D eigenvalue weighted by molar-refractivity contribution is 6.13. The Morgan fingerprint density at radius 3 is 2.53 bits per heavy atom. The van der Waals surface area contributed by atoms with Crippen molar-refractivity contribution in [1.82, 2.24) is 9.88 Å². The zero-order valence-corrected chi connectivity index (χ0v) is 19.1. The molecule has 0 spiro atoms. The van der Waals surface area contributed by atoms with Gasteiger partial charge in [0, 0.05) is 23.9 Å². The Balaban J connectivity index is 1.59. The highest BCUT2D eigenvalue weighted by Crippen LogP contribution is 2.37. The number of rotatable bonds is 3. The van der Waals surface area contributed by atoms with E-state index in [-0.39, 0.29) is 17.9 Å². The predicted molar refractivity (Wildman–Crippen MR) is 125 cm³/mol. The van der Waals surface area contributed by atoms with E-state index in [1.165, 1.54) is 12.8 Å². The van der Waals surface area contributed by atoms with Crippen molar-refractivity contribution in [2.75, 3.05) is 4.90 Å². The van der Waals surface area contributed by atoms with Gasteiger partial charge in [-0.1, -0.05) is 31.7 Å². The Labute approximate surface area is 188 Å². The third-order valence-electron chi connectivity index (χ3n) is 7.33. The lowest BCUT2D eigenvalue weighted by atomic mass is 9.92. The van der Waals surface area contributed by atoms with E-state index in [0.717, 1.165) is 48.0 Å². The molecule has 1 saturated carbocycles. The summed E-state index contributed by atoms with van der Waals surface area (Å²) in [6.45, 7) is 6.35. The molecule has 3 heterocycles. The highest BCUT2D eigenvalue weighted by Gasteiger charge is 2.49. The SMILES string of the molecule is Cc1ccc(N2C(=O)c3cc4occc4n3C[C@@]2(C)C(=O)NC2CCCCCC2)cc1C. The summed E-state index contributed by atoms with van der Waals surface area (Å²) >= 11 is 0. The molecule has 6 nitrogen and oxygen atoms in total. The molecule has 0 unspecified atom stereocenters. The molecule has 0 radical (unpaired) electrons. The molecule has 1 fully saturated rings. The van der Waals surface area contributed by atoms with Crippen molar-refractivity contribution in [3.63, 3.8) is 0 Å². The van der Waals surface area contributed by atoms with Gasteiger partial charge in [0.15, 0.2) is 5.58 Å². The van der Waals surface area contributed by atoms with E-state index in [9.17, 15) is 9.59 Å². The summed E-state index contributed by atoms with van der Waals surface area (Å²) in [5.74, 6) is -0.267. The molecule has 1 atom stereocenters. The molecular formula is C26H31N3O3. The molecular weight excluding hydrogens is 402 g/mol. The van der Waals surface area contributed by atoms with Crippen LogP contribution in [0.25, 0.3) is 11.1 Å². The van der Waals surface area contributed by atoms with Gasteiger partial charge in [-0.25, -0.2) is 0 Å². The van der Waals surface area contributed by atoms with Gasteiger partial charge in [0.05, 0.1) is 18.3 Å². The Morgan fingerprint density at radius 2 is 1.81 bits per heavy atom. The maximum atomic E-state index is 13.8. The first-order chi connectivity index (χ1) is 15.4. The Morgan fingerprint density at radius 1 is 1.06 bits per heavy atom. The van der Waals surface area contributed by atoms with Crippen LogP contribution in [0, 0.1) is 13.8 Å². The molecule has 1 aliphatic carbocycles. The van der Waals surface area contributed by atoms with Crippen LogP contribution in [0.3, 0.4) is 0 Å². The number of anilines is 1. The minimum absolute atomic E-state index is 0.0908. The van der Waals surface area contributed by atoms with Crippen molar-refractivity contribution in [3.8, 4) is 0 Å². The summed E-state index contributed by atoms with van der Waals surface area (Å²) in [6, 6.07) is 9.78. The normalized spacial score (nSPS) is 22.1. The molecule has 1 N–H and O–H groups in total. The maximum absolute atomic E-state index is 13.8.